The monoisotopic (exact) mass is 361 g/mol. The van der Waals surface area contributed by atoms with Gasteiger partial charge in [0.05, 0.1) is 0 Å². The van der Waals surface area contributed by atoms with E-state index in [9.17, 15) is 4.79 Å². The second-order valence-corrected chi connectivity index (χ2v) is 6.62. The van der Waals surface area contributed by atoms with Crippen LogP contribution >= 0.6 is 0 Å². The fraction of sp³-hybridized carbons (Fsp3) is 0.238. The lowest BCUT2D eigenvalue weighted by atomic mass is 9.98. The lowest BCUT2D eigenvalue weighted by Gasteiger charge is -2.16. The minimum Gasteiger partial charge on any atom is -0.350 e. The summed E-state index contributed by atoms with van der Waals surface area (Å²) in [6.45, 7) is 6.76. The first-order valence-electron chi connectivity index (χ1n) is 8.91. The lowest BCUT2D eigenvalue weighted by Crippen LogP contribution is -2.17. The summed E-state index contributed by atoms with van der Waals surface area (Å²) >= 11 is 0. The normalized spacial score (nSPS) is 10.7. The number of amides is 1. The Balaban J connectivity index is 1.74. The van der Waals surface area contributed by atoms with Crippen molar-refractivity contribution in [2.24, 2.45) is 0 Å². The van der Waals surface area contributed by atoms with Crippen molar-refractivity contribution in [3.63, 3.8) is 0 Å². The molecule has 0 fully saturated rings. The third kappa shape index (κ3) is 4.67. The van der Waals surface area contributed by atoms with Crippen molar-refractivity contribution < 1.29 is 4.79 Å². The molecule has 0 atom stereocenters. The largest absolute Gasteiger partial charge is 0.350 e. The van der Waals surface area contributed by atoms with Crippen molar-refractivity contribution >= 4 is 17.5 Å². The first kappa shape index (κ1) is 18.5. The predicted octanol–water partition coefficient (Wildman–Crippen LogP) is 4.17. The summed E-state index contributed by atoms with van der Waals surface area (Å²) in [4.78, 5) is 25.2. The maximum atomic E-state index is 12.7. The summed E-state index contributed by atoms with van der Waals surface area (Å²) in [6, 6.07) is 11.5. The van der Waals surface area contributed by atoms with E-state index >= 15 is 0 Å². The maximum absolute atomic E-state index is 12.7. The molecule has 2 aromatic heterocycles. The minimum absolute atomic E-state index is 0.249. The van der Waals surface area contributed by atoms with Crippen molar-refractivity contribution in [3.05, 3.63) is 77.4 Å². The van der Waals surface area contributed by atoms with Crippen LogP contribution in [-0.4, -0.2) is 20.9 Å². The molecule has 0 saturated carbocycles. The summed E-state index contributed by atoms with van der Waals surface area (Å²) in [6.07, 6.45) is 5.05. The molecule has 6 nitrogen and oxygen atoms in total. The smallest absolute Gasteiger partial charge is 0.274 e. The van der Waals surface area contributed by atoms with Crippen molar-refractivity contribution in [3.8, 4) is 0 Å². The highest BCUT2D eigenvalue weighted by atomic mass is 16.1. The highest BCUT2D eigenvalue weighted by Crippen LogP contribution is 2.27. The van der Waals surface area contributed by atoms with E-state index in [1.54, 1.807) is 24.7 Å². The molecule has 1 amide bonds. The van der Waals surface area contributed by atoms with Crippen molar-refractivity contribution in [2.75, 3.05) is 10.6 Å². The number of hydrogen-bond donors (Lipinski definition) is 2. The van der Waals surface area contributed by atoms with E-state index in [1.165, 1.54) is 0 Å². The van der Waals surface area contributed by atoms with Crippen LogP contribution in [0.15, 0.2) is 55.0 Å². The highest BCUT2D eigenvalue weighted by Gasteiger charge is 2.14. The molecule has 0 spiro atoms. The van der Waals surface area contributed by atoms with Crippen molar-refractivity contribution in [2.45, 2.75) is 33.2 Å². The summed E-state index contributed by atoms with van der Waals surface area (Å²) in [5.41, 5.74) is 4.36. The molecule has 0 aliphatic rings. The van der Waals surface area contributed by atoms with Gasteiger partial charge in [-0.15, -0.1) is 0 Å². The molecular weight excluding hydrogens is 338 g/mol. The van der Waals surface area contributed by atoms with Crippen LogP contribution < -0.4 is 10.6 Å². The van der Waals surface area contributed by atoms with Gasteiger partial charge in [0, 0.05) is 30.8 Å². The summed E-state index contributed by atoms with van der Waals surface area (Å²) < 4.78 is 0. The van der Waals surface area contributed by atoms with Crippen molar-refractivity contribution in [1.29, 1.82) is 0 Å². The van der Waals surface area contributed by atoms with Gasteiger partial charge in [-0.2, -0.15) is 0 Å². The number of pyridine rings is 1. The molecule has 0 bridgehead atoms. The number of rotatable bonds is 6. The number of anilines is 2. The molecule has 0 aliphatic heterocycles. The quantitative estimate of drug-likeness (QED) is 0.689. The lowest BCUT2D eigenvalue weighted by molar-refractivity contribution is 0.102. The zero-order valence-electron chi connectivity index (χ0n) is 15.7. The van der Waals surface area contributed by atoms with E-state index in [0.29, 0.717) is 24.1 Å². The fourth-order valence-electron chi connectivity index (χ4n) is 2.77. The van der Waals surface area contributed by atoms with E-state index in [4.69, 9.17) is 0 Å². The molecule has 3 rings (SSSR count). The zero-order chi connectivity index (χ0) is 19.2. The first-order valence-corrected chi connectivity index (χ1v) is 8.91. The molecule has 0 aliphatic carbocycles. The Labute approximate surface area is 159 Å². The van der Waals surface area contributed by atoms with E-state index in [1.807, 2.05) is 37.3 Å². The SMILES string of the molecule is Cc1cccc(C(C)C)c1NC(=O)c1ccnc(NCc2ccncc2)n1. The standard InChI is InChI=1S/C21H23N5O/c1-14(2)17-6-4-5-15(3)19(17)26-20(27)18-9-12-23-21(25-18)24-13-16-7-10-22-11-8-16/h4-12,14H,13H2,1-3H3,(H,26,27)(H,23,24,25). The van der Waals surface area contributed by atoms with Crippen LogP contribution in [-0.2, 0) is 6.54 Å². The second kappa shape index (κ2) is 8.40. The Morgan fingerprint density at radius 1 is 1.07 bits per heavy atom. The number of carbonyl (C=O) groups excluding carboxylic acids is 1. The Morgan fingerprint density at radius 3 is 2.59 bits per heavy atom. The minimum atomic E-state index is -0.249. The Hall–Kier alpha value is -3.28. The fourth-order valence-corrected chi connectivity index (χ4v) is 2.77. The molecule has 6 heteroatoms. The first-order chi connectivity index (χ1) is 13.0. The van der Waals surface area contributed by atoms with Gasteiger partial charge in [-0.1, -0.05) is 32.0 Å². The van der Waals surface area contributed by atoms with Crippen LogP contribution in [0.5, 0.6) is 0 Å². The summed E-state index contributed by atoms with van der Waals surface area (Å²) in [7, 11) is 0. The molecule has 0 unspecified atom stereocenters. The van der Waals surface area contributed by atoms with Crippen LogP contribution in [0.4, 0.5) is 11.6 Å². The molecule has 1 aromatic carbocycles. The van der Waals surface area contributed by atoms with Gasteiger partial charge in [0.25, 0.3) is 5.91 Å². The van der Waals surface area contributed by atoms with E-state index < -0.39 is 0 Å². The third-order valence-corrected chi connectivity index (χ3v) is 4.25. The van der Waals surface area contributed by atoms with Crippen LogP contribution in [0, 0.1) is 6.92 Å². The average molecular weight is 361 g/mol. The number of aromatic nitrogens is 3. The van der Waals surface area contributed by atoms with Gasteiger partial charge in [0.2, 0.25) is 5.95 Å². The molecular formula is C21H23N5O. The Kier molecular flexibility index (Phi) is 5.76. The number of aryl methyl sites for hydroxylation is 1. The zero-order valence-corrected chi connectivity index (χ0v) is 15.7. The van der Waals surface area contributed by atoms with Gasteiger partial charge < -0.3 is 10.6 Å². The predicted molar refractivity (Wildman–Crippen MR) is 107 cm³/mol. The molecule has 138 valence electrons. The summed E-state index contributed by atoms with van der Waals surface area (Å²) in [5, 5.41) is 6.14. The van der Waals surface area contributed by atoms with E-state index in [2.05, 4.69) is 39.4 Å². The number of para-hydroxylation sites is 1. The third-order valence-electron chi connectivity index (χ3n) is 4.25. The van der Waals surface area contributed by atoms with Gasteiger partial charge in [0.1, 0.15) is 5.69 Å². The molecule has 2 heterocycles. The Bertz CT molecular complexity index is 925. The van der Waals surface area contributed by atoms with Crippen LogP contribution in [0.2, 0.25) is 0 Å². The average Bonchev–Trinajstić information content (AvgIpc) is 2.68. The van der Waals surface area contributed by atoms with E-state index in [-0.39, 0.29) is 5.91 Å². The van der Waals surface area contributed by atoms with Gasteiger partial charge in [0.15, 0.2) is 0 Å². The highest BCUT2D eigenvalue weighted by molar-refractivity contribution is 6.03. The number of hydrogen-bond acceptors (Lipinski definition) is 5. The molecule has 2 N–H and O–H groups in total. The molecule has 27 heavy (non-hydrogen) atoms. The van der Waals surface area contributed by atoms with Gasteiger partial charge in [-0.3, -0.25) is 9.78 Å². The molecule has 0 radical (unpaired) electrons. The number of nitrogens with zero attached hydrogens (tertiary/aromatic N) is 3. The maximum Gasteiger partial charge on any atom is 0.274 e. The number of nitrogens with one attached hydrogen (secondary N) is 2. The van der Waals surface area contributed by atoms with Crippen LogP contribution in [0.3, 0.4) is 0 Å². The van der Waals surface area contributed by atoms with Crippen LogP contribution in [0.25, 0.3) is 0 Å². The number of carbonyl (C=O) groups is 1. The van der Waals surface area contributed by atoms with Crippen LogP contribution in [0.1, 0.15) is 46.9 Å². The van der Waals surface area contributed by atoms with Gasteiger partial charge in [-0.25, -0.2) is 9.97 Å². The number of benzene rings is 1. The van der Waals surface area contributed by atoms with E-state index in [0.717, 1.165) is 22.4 Å². The Morgan fingerprint density at radius 2 is 1.85 bits per heavy atom. The molecule has 3 aromatic rings. The van der Waals surface area contributed by atoms with Gasteiger partial charge in [-0.05, 0) is 47.7 Å². The second-order valence-electron chi connectivity index (χ2n) is 6.62. The van der Waals surface area contributed by atoms with Crippen molar-refractivity contribution in [1.82, 2.24) is 15.0 Å². The summed E-state index contributed by atoms with van der Waals surface area (Å²) in [5.74, 6) is 0.470. The van der Waals surface area contributed by atoms with Gasteiger partial charge >= 0.3 is 0 Å². The molecule has 0 saturated heterocycles. The topological polar surface area (TPSA) is 79.8 Å².